The third kappa shape index (κ3) is 3.14. The molecule has 0 bridgehead atoms. The van der Waals surface area contributed by atoms with Crippen molar-refractivity contribution >= 4 is 28.1 Å². The zero-order valence-corrected chi connectivity index (χ0v) is 12.6. The second-order valence-electron chi connectivity index (χ2n) is 5.24. The van der Waals surface area contributed by atoms with Gasteiger partial charge in [-0.3, -0.25) is 0 Å². The Hall–Kier alpha value is -2.13. The van der Waals surface area contributed by atoms with Gasteiger partial charge in [-0.1, -0.05) is 54.7 Å². The van der Waals surface area contributed by atoms with E-state index >= 15 is 0 Å². The van der Waals surface area contributed by atoms with Crippen molar-refractivity contribution in [2.24, 2.45) is 5.73 Å². The van der Waals surface area contributed by atoms with Gasteiger partial charge in [0.1, 0.15) is 4.99 Å². The van der Waals surface area contributed by atoms with E-state index in [-0.39, 0.29) is 0 Å². The molecule has 106 valence electrons. The number of aromatic nitrogens is 1. The fraction of sp³-hybridized carbons (Fsp3) is 0.167. The topological polar surface area (TPSA) is 30.9 Å². The summed E-state index contributed by atoms with van der Waals surface area (Å²) in [5.74, 6) is 0. The van der Waals surface area contributed by atoms with Crippen LogP contribution in [0.15, 0.2) is 60.8 Å². The highest BCUT2D eigenvalue weighted by Gasteiger charge is 2.04. The molecule has 2 aromatic carbocycles. The van der Waals surface area contributed by atoms with E-state index in [1.807, 2.05) is 6.07 Å². The zero-order chi connectivity index (χ0) is 14.7. The Labute approximate surface area is 130 Å². The first kappa shape index (κ1) is 13.8. The normalized spacial score (nSPS) is 10.9. The molecule has 3 heteroatoms. The van der Waals surface area contributed by atoms with Crippen LogP contribution in [0.1, 0.15) is 17.5 Å². The van der Waals surface area contributed by atoms with Gasteiger partial charge in [-0.25, -0.2) is 0 Å². The molecule has 0 aliphatic heterocycles. The van der Waals surface area contributed by atoms with E-state index < -0.39 is 0 Å². The van der Waals surface area contributed by atoms with Gasteiger partial charge in [-0.2, -0.15) is 0 Å². The van der Waals surface area contributed by atoms with E-state index in [4.69, 9.17) is 18.0 Å². The number of benzene rings is 2. The van der Waals surface area contributed by atoms with Crippen LogP contribution >= 0.6 is 12.2 Å². The number of nitrogens with two attached hydrogens (primary N) is 1. The quantitative estimate of drug-likeness (QED) is 0.723. The average Bonchev–Trinajstić information content (AvgIpc) is 2.91. The first-order valence-corrected chi connectivity index (χ1v) is 7.57. The Bertz CT molecular complexity index is 759. The van der Waals surface area contributed by atoms with Crippen molar-refractivity contribution in [3.8, 4) is 0 Å². The third-order valence-electron chi connectivity index (χ3n) is 3.77. The molecule has 0 radical (unpaired) electrons. The van der Waals surface area contributed by atoms with Gasteiger partial charge in [0.05, 0.1) is 0 Å². The molecule has 2 N–H and O–H groups in total. The van der Waals surface area contributed by atoms with Crippen LogP contribution in [0.4, 0.5) is 0 Å². The molecule has 0 unspecified atom stereocenters. The SMILES string of the molecule is NC(=S)c1ccc2ccn(CCCc3ccccc3)c2c1. The summed E-state index contributed by atoms with van der Waals surface area (Å²) >= 11 is 5.06. The van der Waals surface area contributed by atoms with Crippen molar-refractivity contribution in [1.29, 1.82) is 0 Å². The summed E-state index contributed by atoms with van der Waals surface area (Å²) < 4.78 is 2.28. The number of nitrogens with zero attached hydrogens (tertiary/aromatic N) is 1. The number of hydrogen-bond donors (Lipinski definition) is 1. The molecule has 0 atom stereocenters. The van der Waals surface area contributed by atoms with Crippen LogP contribution < -0.4 is 5.73 Å². The lowest BCUT2D eigenvalue weighted by atomic mass is 10.1. The van der Waals surface area contributed by atoms with Crippen LogP contribution in [0.2, 0.25) is 0 Å². The minimum atomic E-state index is 0.453. The van der Waals surface area contributed by atoms with Crippen molar-refractivity contribution in [1.82, 2.24) is 4.57 Å². The highest BCUT2D eigenvalue weighted by molar-refractivity contribution is 7.80. The molecule has 3 rings (SSSR count). The monoisotopic (exact) mass is 294 g/mol. The molecule has 0 aliphatic carbocycles. The Kier molecular flexibility index (Phi) is 4.02. The maximum absolute atomic E-state index is 5.72. The van der Waals surface area contributed by atoms with E-state index in [2.05, 4.69) is 59.3 Å². The van der Waals surface area contributed by atoms with Crippen LogP contribution in [0.3, 0.4) is 0 Å². The van der Waals surface area contributed by atoms with Crippen molar-refractivity contribution in [3.05, 3.63) is 71.9 Å². The molecule has 3 aromatic rings. The van der Waals surface area contributed by atoms with Gasteiger partial charge < -0.3 is 10.3 Å². The summed E-state index contributed by atoms with van der Waals surface area (Å²) in [4.78, 5) is 0.453. The summed E-state index contributed by atoms with van der Waals surface area (Å²) in [5, 5.41) is 1.23. The number of hydrogen-bond acceptors (Lipinski definition) is 1. The Morgan fingerprint density at radius 1 is 1.05 bits per heavy atom. The Morgan fingerprint density at radius 2 is 1.86 bits per heavy atom. The van der Waals surface area contributed by atoms with Crippen molar-refractivity contribution < 1.29 is 0 Å². The van der Waals surface area contributed by atoms with Gasteiger partial charge in [0.15, 0.2) is 0 Å². The van der Waals surface area contributed by atoms with Crippen molar-refractivity contribution in [2.45, 2.75) is 19.4 Å². The van der Waals surface area contributed by atoms with E-state index in [0.29, 0.717) is 4.99 Å². The van der Waals surface area contributed by atoms with Crippen LogP contribution in [0.5, 0.6) is 0 Å². The van der Waals surface area contributed by atoms with Gasteiger partial charge in [0.2, 0.25) is 0 Å². The first-order valence-electron chi connectivity index (χ1n) is 7.17. The molecule has 1 heterocycles. The summed E-state index contributed by atoms with van der Waals surface area (Å²) in [5.41, 5.74) is 9.24. The predicted octanol–water partition coefficient (Wildman–Crippen LogP) is 3.91. The Balaban J connectivity index is 1.74. The second kappa shape index (κ2) is 6.10. The lowest BCUT2D eigenvalue weighted by Gasteiger charge is -2.07. The maximum Gasteiger partial charge on any atom is 0.104 e. The molecule has 0 amide bonds. The zero-order valence-electron chi connectivity index (χ0n) is 11.8. The summed E-state index contributed by atoms with van der Waals surface area (Å²) in [7, 11) is 0. The fourth-order valence-corrected chi connectivity index (χ4v) is 2.76. The lowest BCUT2D eigenvalue weighted by Crippen LogP contribution is -2.09. The minimum Gasteiger partial charge on any atom is -0.389 e. The van der Waals surface area contributed by atoms with Crippen LogP contribution in [-0.4, -0.2) is 9.56 Å². The molecule has 0 saturated heterocycles. The number of aryl methyl sites for hydroxylation is 2. The average molecular weight is 294 g/mol. The summed E-state index contributed by atoms with van der Waals surface area (Å²) in [6.07, 6.45) is 4.35. The molecular formula is C18H18N2S. The van der Waals surface area contributed by atoms with Crippen molar-refractivity contribution in [2.75, 3.05) is 0 Å². The predicted molar refractivity (Wildman–Crippen MR) is 92.6 cm³/mol. The van der Waals surface area contributed by atoms with Gasteiger partial charge in [-0.05, 0) is 35.9 Å². The fourth-order valence-electron chi connectivity index (χ4n) is 2.63. The second-order valence-corrected chi connectivity index (χ2v) is 5.68. The van der Waals surface area contributed by atoms with Crippen molar-refractivity contribution in [3.63, 3.8) is 0 Å². The lowest BCUT2D eigenvalue weighted by molar-refractivity contribution is 0.662. The largest absolute Gasteiger partial charge is 0.389 e. The van der Waals surface area contributed by atoms with E-state index in [9.17, 15) is 0 Å². The molecule has 2 nitrogen and oxygen atoms in total. The van der Waals surface area contributed by atoms with Crippen LogP contribution in [0, 0.1) is 0 Å². The van der Waals surface area contributed by atoms with Crippen LogP contribution in [-0.2, 0) is 13.0 Å². The number of thiocarbonyl (C=S) groups is 1. The van der Waals surface area contributed by atoms with Crippen LogP contribution in [0.25, 0.3) is 10.9 Å². The summed E-state index contributed by atoms with van der Waals surface area (Å²) in [6, 6.07) is 18.9. The highest BCUT2D eigenvalue weighted by Crippen LogP contribution is 2.18. The molecule has 21 heavy (non-hydrogen) atoms. The highest BCUT2D eigenvalue weighted by atomic mass is 32.1. The molecule has 0 saturated carbocycles. The smallest absolute Gasteiger partial charge is 0.104 e. The minimum absolute atomic E-state index is 0.453. The Morgan fingerprint density at radius 3 is 2.62 bits per heavy atom. The third-order valence-corrected chi connectivity index (χ3v) is 4.00. The number of rotatable bonds is 5. The standard InChI is InChI=1S/C18H18N2S/c19-18(21)16-9-8-15-10-12-20(17(15)13-16)11-4-7-14-5-2-1-3-6-14/h1-3,5-6,8-10,12-13H,4,7,11H2,(H2,19,21). The summed E-state index contributed by atoms with van der Waals surface area (Å²) in [6.45, 7) is 0.999. The van der Waals surface area contributed by atoms with Gasteiger partial charge >= 0.3 is 0 Å². The van der Waals surface area contributed by atoms with Gasteiger partial charge in [0.25, 0.3) is 0 Å². The molecule has 0 fully saturated rings. The molecule has 0 aliphatic rings. The molecule has 0 spiro atoms. The van der Waals surface area contributed by atoms with E-state index in [1.165, 1.54) is 16.5 Å². The van der Waals surface area contributed by atoms with E-state index in [0.717, 1.165) is 24.9 Å². The number of fused-ring (bicyclic) bond motifs is 1. The van der Waals surface area contributed by atoms with E-state index in [1.54, 1.807) is 0 Å². The van der Waals surface area contributed by atoms with Gasteiger partial charge in [0, 0.05) is 23.8 Å². The molecule has 1 aromatic heterocycles. The molecular weight excluding hydrogens is 276 g/mol. The maximum atomic E-state index is 5.72. The first-order chi connectivity index (χ1) is 10.2. The van der Waals surface area contributed by atoms with Gasteiger partial charge in [-0.15, -0.1) is 0 Å².